The van der Waals surface area contributed by atoms with Crippen LogP contribution in [0.2, 0.25) is 0 Å². The number of carbonyl (C=O) groups is 1. The number of aromatic nitrogens is 1. The highest BCUT2D eigenvalue weighted by atomic mass is 32.1. The molecule has 0 unspecified atom stereocenters. The third kappa shape index (κ3) is 5.01. The molecule has 0 bridgehead atoms. The van der Waals surface area contributed by atoms with Crippen LogP contribution in [0.15, 0.2) is 59.5 Å². The largest absolute Gasteiger partial charge is 0.497 e. The Labute approximate surface area is 214 Å². The van der Waals surface area contributed by atoms with Crippen LogP contribution in [0.25, 0.3) is 20.7 Å². The van der Waals surface area contributed by atoms with Crippen molar-refractivity contribution in [2.24, 2.45) is 0 Å². The summed E-state index contributed by atoms with van der Waals surface area (Å²) in [7, 11) is 3.26. The average molecular weight is 507 g/mol. The molecule has 0 aliphatic heterocycles. The lowest BCUT2D eigenvalue weighted by Gasteiger charge is -2.14. The number of methoxy groups -OCH3 is 2. The Balaban J connectivity index is 2.00. The van der Waals surface area contributed by atoms with Gasteiger partial charge in [-0.3, -0.25) is 4.79 Å². The van der Waals surface area contributed by atoms with E-state index < -0.39 is 5.97 Å². The van der Waals surface area contributed by atoms with Crippen molar-refractivity contribution in [3.63, 3.8) is 0 Å². The Bertz CT molecular complexity index is 1420. The first kappa shape index (κ1) is 25.5. The topological polar surface area (TPSA) is 78.8 Å². The molecule has 188 valence electrons. The Kier molecular flexibility index (Phi) is 8.07. The van der Waals surface area contributed by atoms with Gasteiger partial charge in [-0.05, 0) is 54.9 Å². The number of carbonyl (C=O) groups excluding carboxylic acids is 1. The number of pyridine rings is 1. The third-order valence-corrected chi connectivity index (χ3v) is 7.26. The molecular formula is C28H30N2O5S. The number of rotatable bonds is 10. The van der Waals surface area contributed by atoms with Crippen LogP contribution in [0.5, 0.6) is 11.5 Å². The molecule has 0 aliphatic rings. The second kappa shape index (κ2) is 11.4. The highest BCUT2D eigenvalue weighted by molar-refractivity contribution is 7.22. The molecule has 2 aromatic heterocycles. The summed E-state index contributed by atoms with van der Waals surface area (Å²) in [5, 5.41) is 3.90. The first-order valence-electron chi connectivity index (χ1n) is 11.8. The van der Waals surface area contributed by atoms with Crippen molar-refractivity contribution in [1.29, 1.82) is 0 Å². The fraction of sp³-hybridized carbons (Fsp3) is 0.286. The molecule has 36 heavy (non-hydrogen) atoms. The van der Waals surface area contributed by atoms with Crippen LogP contribution in [-0.2, 0) is 17.8 Å². The van der Waals surface area contributed by atoms with Crippen molar-refractivity contribution in [1.82, 2.24) is 9.88 Å². The van der Waals surface area contributed by atoms with Gasteiger partial charge in [0.25, 0.3) is 0 Å². The number of hydrogen-bond acceptors (Lipinski definition) is 7. The van der Waals surface area contributed by atoms with Crippen molar-refractivity contribution < 1.29 is 19.0 Å². The van der Waals surface area contributed by atoms with Gasteiger partial charge < -0.3 is 24.1 Å². The molecule has 0 saturated carbocycles. The fourth-order valence-corrected chi connectivity index (χ4v) is 5.48. The monoisotopic (exact) mass is 506 g/mol. The zero-order valence-corrected chi connectivity index (χ0v) is 21.7. The second-order valence-electron chi connectivity index (χ2n) is 8.13. The van der Waals surface area contributed by atoms with Crippen molar-refractivity contribution in [2.45, 2.75) is 26.9 Å². The lowest BCUT2D eigenvalue weighted by molar-refractivity contribution is 0.0524. The highest BCUT2D eigenvalue weighted by Gasteiger charge is 2.24. The molecule has 1 N–H and O–H groups in total. The number of nitrogens with one attached hydrogen (secondary N) is 1. The highest BCUT2D eigenvalue weighted by Crippen LogP contribution is 2.38. The van der Waals surface area contributed by atoms with Crippen LogP contribution < -0.4 is 20.2 Å². The summed E-state index contributed by atoms with van der Waals surface area (Å²) >= 11 is 1.54. The van der Waals surface area contributed by atoms with E-state index in [-0.39, 0.29) is 17.6 Å². The summed E-state index contributed by atoms with van der Waals surface area (Å²) in [6, 6.07) is 15.5. The second-order valence-corrected chi connectivity index (χ2v) is 9.13. The fourth-order valence-electron chi connectivity index (χ4n) is 4.18. The Morgan fingerprint density at radius 2 is 1.78 bits per heavy atom. The number of nitrogens with zero attached hydrogens (tertiary/aromatic N) is 1. The first-order valence-corrected chi connectivity index (χ1v) is 12.7. The molecule has 8 heteroatoms. The molecule has 0 spiro atoms. The smallest absolute Gasteiger partial charge is 0.343 e. The van der Waals surface area contributed by atoms with Gasteiger partial charge in [-0.2, -0.15) is 0 Å². The van der Waals surface area contributed by atoms with Gasteiger partial charge in [-0.15, -0.1) is 11.3 Å². The van der Waals surface area contributed by atoms with Crippen LogP contribution in [-0.4, -0.2) is 37.9 Å². The Hall–Kier alpha value is -3.62. The van der Waals surface area contributed by atoms with E-state index in [1.807, 2.05) is 60.0 Å². The molecule has 0 amide bonds. The van der Waals surface area contributed by atoms with Gasteiger partial charge in [0.05, 0.1) is 32.8 Å². The number of para-hydroxylation sites is 1. The standard InChI is InChI=1S/C28H30N2O5S/c1-5-29-15-21-24-25(31)22(28(32)35-6-2)17-30(16-19-9-7-8-10-23(19)34-4)27(24)36-26(21)18-11-13-20(33-3)14-12-18/h7-14,17,29H,5-6,15-16H2,1-4H3. The molecule has 0 fully saturated rings. The quantitative estimate of drug-likeness (QED) is 0.302. The molecule has 2 heterocycles. The number of benzene rings is 2. The van der Waals surface area contributed by atoms with E-state index in [4.69, 9.17) is 14.2 Å². The third-order valence-electron chi connectivity index (χ3n) is 5.94. The maximum atomic E-state index is 13.7. The zero-order valence-electron chi connectivity index (χ0n) is 20.9. The molecular weight excluding hydrogens is 476 g/mol. The van der Waals surface area contributed by atoms with Gasteiger partial charge in [0.15, 0.2) is 0 Å². The number of hydrogen-bond donors (Lipinski definition) is 1. The van der Waals surface area contributed by atoms with E-state index >= 15 is 0 Å². The summed E-state index contributed by atoms with van der Waals surface area (Å²) in [5.74, 6) is 0.875. The van der Waals surface area contributed by atoms with Crippen LogP contribution in [0.3, 0.4) is 0 Å². The predicted octanol–water partition coefficient (Wildman–Crippen LogP) is 5.08. The number of ether oxygens (including phenoxy) is 3. The van der Waals surface area contributed by atoms with E-state index in [1.54, 1.807) is 27.3 Å². The summed E-state index contributed by atoms with van der Waals surface area (Å²) in [5.41, 5.74) is 2.49. The van der Waals surface area contributed by atoms with Crippen molar-refractivity contribution in [2.75, 3.05) is 27.4 Å². The van der Waals surface area contributed by atoms with E-state index in [0.717, 1.165) is 44.4 Å². The van der Waals surface area contributed by atoms with Gasteiger partial charge in [0.1, 0.15) is 21.9 Å². The molecule has 7 nitrogen and oxygen atoms in total. The molecule has 0 radical (unpaired) electrons. The number of thiophene rings is 1. The van der Waals surface area contributed by atoms with E-state index in [0.29, 0.717) is 18.5 Å². The van der Waals surface area contributed by atoms with Gasteiger partial charge in [0, 0.05) is 23.2 Å². The van der Waals surface area contributed by atoms with Gasteiger partial charge in [-0.25, -0.2) is 4.79 Å². The lowest BCUT2D eigenvalue weighted by atomic mass is 10.0. The van der Waals surface area contributed by atoms with E-state index in [9.17, 15) is 9.59 Å². The normalized spacial score (nSPS) is 11.0. The molecule has 0 atom stereocenters. The van der Waals surface area contributed by atoms with Crippen LogP contribution in [0.4, 0.5) is 0 Å². The predicted molar refractivity (Wildman–Crippen MR) is 144 cm³/mol. The summed E-state index contributed by atoms with van der Waals surface area (Å²) in [4.78, 5) is 28.3. The van der Waals surface area contributed by atoms with Gasteiger partial charge >= 0.3 is 5.97 Å². The SMILES string of the molecule is CCNCc1c(-c2ccc(OC)cc2)sc2c1c(=O)c(C(=O)OCC)cn2Cc1ccccc1OC. The van der Waals surface area contributed by atoms with Crippen LogP contribution in [0, 0.1) is 0 Å². The minimum absolute atomic E-state index is 0.0241. The minimum atomic E-state index is -0.621. The van der Waals surface area contributed by atoms with E-state index in [2.05, 4.69) is 5.32 Å². The lowest BCUT2D eigenvalue weighted by Crippen LogP contribution is -2.22. The van der Waals surface area contributed by atoms with Crippen molar-refractivity contribution >= 4 is 27.5 Å². The molecule has 2 aromatic carbocycles. The summed E-state index contributed by atoms with van der Waals surface area (Å²) in [6.45, 7) is 5.60. The number of esters is 1. The van der Waals surface area contributed by atoms with Crippen molar-refractivity contribution in [3.05, 3.63) is 81.6 Å². The van der Waals surface area contributed by atoms with Gasteiger partial charge in [-0.1, -0.05) is 25.1 Å². The number of fused-ring (bicyclic) bond motifs is 1. The summed E-state index contributed by atoms with van der Waals surface area (Å²) < 4.78 is 18.1. The summed E-state index contributed by atoms with van der Waals surface area (Å²) in [6.07, 6.45) is 1.61. The van der Waals surface area contributed by atoms with E-state index in [1.165, 1.54) is 11.3 Å². The van der Waals surface area contributed by atoms with Crippen molar-refractivity contribution in [3.8, 4) is 21.9 Å². The molecule has 0 saturated heterocycles. The zero-order chi connectivity index (χ0) is 25.7. The Morgan fingerprint density at radius 1 is 1.03 bits per heavy atom. The van der Waals surface area contributed by atoms with Crippen LogP contribution >= 0.6 is 11.3 Å². The molecule has 4 aromatic rings. The molecule has 0 aliphatic carbocycles. The van der Waals surface area contributed by atoms with Gasteiger partial charge in [0.2, 0.25) is 5.43 Å². The average Bonchev–Trinajstić information content (AvgIpc) is 3.29. The van der Waals surface area contributed by atoms with Crippen LogP contribution in [0.1, 0.15) is 35.3 Å². The Morgan fingerprint density at radius 3 is 2.44 bits per heavy atom. The molecule has 4 rings (SSSR count). The maximum absolute atomic E-state index is 13.7. The minimum Gasteiger partial charge on any atom is -0.497 e. The first-order chi connectivity index (χ1) is 17.5. The maximum Gasteiger partial charge on any atom is 0.343 e.